The smallest absolute Gasteiger partial charge is 0.198 e. The third kappa shape index (κ3) is 3.34. The summed E-state index contributed by atoms with van der Waals surface area (Å²) in [5.41, 5.74) is 6.27. The summed E-state index contributed by atoms with van der Waals surface area (Å²) < 4.78 is 13.4. The van der Waals surface area contributed by atoms with Gasteiger partial charge in [-0.3, -0.25) is 8.78 Å². The largest absolute Gasteiger partial charge is 0.396 e. The molecule has 2 heterocycles. The Morgan fingerprint density at radius 2 is 2.00 bits per heavy atom. The number of aromatic nitrogens is 4. The van der Waals surface area contributed by atoms with Crippen LogP contribution < -0.4 is 5.73 Å². The van der Waals surface area contributed by atoms with Gasteiger partial charge in [-0.2, -0.15) is 0 Å². The minimum Gasteiger partial charge on any atom is -0.396 e. The SMILES string of the molecule is CCC(CO)C(O)C(O)n1cnc2c(N)nc([SH](C)(C)=O)nc21. The lowest BCUT2D eigenvalue weighted by atomic mass is 9.99. The first-order valence-electron chi connectivity index (χ1n) is 7.23. The predicted molar refractivity (Wildman–Crippen MR) is 87.5 cm³/mol. The molecule has 0 aromatic carbocycles. The Labute approximate surface area is 134 Å². The second-order valence-electron chi connectivity index (χ2n) is 5.84. The lowest BCUT2D eigenvalue weighted by Crippen LogP contribution is -2.33. The van der Waals surface area contributed by atoms with E-state index in [1.54, 1.807) is 6.92 Å². The van der Waals surface area contributed by atoms with Gasteiger partial charge in [0.25, 0.3) is 0 Å². The van der Waals surface area contributed by atoms with Crippen molar-refractivity contribution in [3.05, 3.63) is 6.33 Å². The molecule has 3 atom stereocenters. The van der Waals surface area contributed by atoms with Crippen molar-refractivity contribution in [1.29, 1.82) is 0 Å². The minimum atomic E-state index is -2.76. The lowest BCUT2D eigenvalue weighted by Gasteiger charge is -2.25. The van der Waals surface area contributed by atoms with E-state index in [9.17, 15) is 19.5 Å². The number of imidazole rings is 1. The van der Waals surface area contributed by atoms with Crippen LogP contribution in [-0.2, 0) is 9.93 Å². The quantitative estimate of drug-likeness (QED) is 0.328. The number of nitrogens with two attached hydrogens (primary N) is 1. The van der Waals surface area contributed by atoms with E-state index in [0.29, 0.717) is 6.42 Å². The number of rotatable bonds is 6. The minimum absolute atomic E-state index is 0.0589. The van der Waals surface area contributed by atoms with Gasteiger partial charge in [-0.15, -0.1) is 0 Å². The van der Waals surface area contributed by atoms with Gasteiger partial charge in [0.2, 0.25) is 0 Å². The summed E-state index contributed by atoms with van der Waals surface area (Å²) in [6, 6.07) is 0. The molecule has 9 nitrogen and oxygen atoms in total. The van der Waals surface area contributed by atoms with E-state index in [-0.39, 0.29) is 28.7 Å². The number of nitrogens with zero attached hydrogens (tertiary/aromatic N) is 4. The number of fused-ring (bicyclic) bond motifs is 1. The van der Waals surface area contributed by atoms with Crippen LogP contribution >= 0.6 is 0 Å². The van der Waals surface area contributed by atoms with Crippen LogP contribution in [0.25, 0.3) is 11.2 Å². The van der Waals surface area contributed by atoms with E-state index in [0.717, 1.165) is 0 Å². The van der Waals surface area contributed by atoms with Gasteiger partial charge < -0.3 is 21.1 Å². The van der Waals surface area contributed by atoms with Crippen molar-refractivity contribution in [2.45, 2.75) is 30.8 Å². The van der Waals surface area contributed by atoms with Gasteiger partial charge in [0.1, 0.15) is 11.6 Å². The van der Waals surface area contributed by atoms with Crippen LogP contribution in [-0.4, -0.2) is 64.3 Å². The molecule has 3 unspecified atom stereocenters. The summed E-state index contributed by atoms with van der Waals surface area (Å²) in [6.45, 7) is 1.54. The van der Waals surface area contributed by atoms with Gasteiger partial charge in [0.05, 0.1) is 6.33 Å². The first-order chi connectivity index (χ1) is 10.7. The van der Waals surface area contributed by atoms with E-state index in [1.165, 1.54) is 23.4 Å². The average molecular weight is 345 g/mol. The summed E-state index contributed by atoms with van der Waals surface area (Å²) in [5.74, 6) is -0.437. The van der Waals surface area contributed by atoms with Crippen molar-refractivity contribution < 1.29 is 19.5 Å². The van der Waals surface area contributed by atoms with Crippen molar-refractivity contribution in [2.24, 2.45) is 5.92 Å². The van der Waals surface area contributed by atoms with Crippen LogP contribution in [0.1, 0.15) is 19.6 Å². The molecule has 0 aliphatic rings. The zero-order chi connectivity index (χ0) is 17.4. The Kier molecular flexibility index (Phi) is 4.99. The van der Waals surface area contributed by atoms with Gasteiger partial charge in [-0.05, 0) is 18.9 Å². The Morgan fingerprint density at radius 1 is 1.35 bits per heavy atom. The zero-order valence-electron chi connectivity index (χ0n) is 13.3. The fraction of sp³-hybridized carbons (Fsp3) is 0.615. The Balaban J connectivity index is 2.53. The molecule has 2 aromatic rings. The number of anilines is 1. The fourth-order valence-corrected chi connectivity index (χ4v) is 2.93. The van der Waals surface area contributed by atoms with Crippen LogP contribution in [0.5, 0.6) is 0 Å². The number of thiol groups is 1. The normalized spacial score (nSPS) is 17.1. The van der Waals surface area contributed by atoms with Crippen molar-refractivity contribution in [2.75, 3.05) is 24.9 Å². The molecule has 130 valence electrons. The molecule has 0 fully saturated rings. The van der Waals surface area contributed by atoms with Gasteiger partial charge in [-0.1, -0.05) is 16.9 Å². The fourth-order valence-electron chi connectivity index (χ4n) is 2.25. The van der Waals surface area contributed by atoms with E-state index in [2.05, 4.69) is 15.0 Å². The molecule has 0 saturated carbocycles. The van der Waals surface area contributed by atoms with Crippen LogP contribution in [0.2, 0.25) is 0 Å². The molecule has 0 radical (unpaired) electrons. The zero-order valence-corrected chi connectivity index (χ0v) is 14.2. The molecule has 0 aliphatic carbocycles. The Morgan fingerprint density at radius 3 is 2.52 bits per heavy atom. The first kappa shape index (κ1) is 17.7. The van der Waals surface area contributed by atoms with Crippen molar-refractivity contribution in [3.8, 4) is 0 Å². The number of aliphatic hydroxyl groups is 3. The molecule has 0 aliphatic heterocycles. The monoisotopic (exact) mass is 345 g/mol. The van der Waals surface area contributed by atoms with Crippen LogP contribution in [0.4, 0.5) is 5.82 Å². The predicted octanol–water partition coefficient (Wildman–Crippen LogP) is -1.09. The van der Waals surface area contributed by atoms with Crippen molar-refractivity contribution in [1.82, 2.24) is 19.5 Å². The molecule has 2 rings (SSSR count). The van der Waals surface area contributed by atoms with Crippen LogP contribution in [0.3, 0.4) is 0 Å². The summed E-state index contributed by atoms with van der Waals surface area (Å²) in [6.07, 6.45) is 2.22. The van der Waals surface area contributed by atoms with Crippen LogP contribution in [0, 0.1) is 5.92 Å². The highest BCUT2D eigenvalue weighted by Gasteiger charge is 2.28. The average Bonchev–Trinajstić information content (AvgIpc) is 2.91. The third-order valence-corrected chi connectivity index (χ3v) is 4.91. The molecule has 23 heavy (non-hydrogen) atoms. The highest BCUT2D eigenvalue weighted by molar-refractivity contribution is 8.01. The maximum atomic E-state index is 12.2. The third-order valence-electron chi connectivity index (χ3n) is 3.75. The summed E-state index contributed by atoms with van der Waals surface area (Å²) in [5, 5.41) is 30.0. The number of hydrogen-bond donors (Lipinski definition) is 5. The van der Waals surface area contributed by atoms with E-state index >= 15 is 0 Å². The first-order valence-corrected chi connectivity index (χ1v) is 9.83. The molecular weight excluding hydrogens is 322 g/mol. The molecule has 0 spiro atoms. The summed E-state index contributed by atoms with van der Waals surface area (Å²) in [4.78, 5) is 12.2. The highest BCUT2D eigenvalue weighted by Crippen LogP contribution is 2.25. The van der Waals surface area contributed by atoms with Gasteiger partial charge in [0.15, 0.2) is 22.8 Å². The maximum Gasteiger partial charge on any atom is 0.198 e. The molecular formula is C13H23N5O4S. The molecule has 5 N–H and O–H groups in total. The van der Waals surface area contributed by atoms with Crippen molar-refractivity contribution in [3.63, 3.8) is 0 Å². The summed E-state index contributed by atoms with van der Waals surface area (Å²) >= 11 is 0. The number of hydrogen-bond acceptors (Lipinski definition) is 8. The lowest BCUT2D eigenvalue weighted by molar-refractivity contribution is -0.0689. The molecule has 0 bridgehead atoms. The van der Waals surface area contributed by atoms with E-state index in [4.69, 9.17) is 5.73 Å². The summed E-state index contributed by atoms with van der Waals surface area (Å²) in [7, 11) is -2.76. The highest BCUT2D eigenvalue weighted by atomic mass is 32.2. The van der Waals surface area contributed by atoms with Crippen LogP contribution in [0.15, 0.2) is 11.5 Å². The van der Waals surface area contributed by atoms with E-state index in [1.807, 2.05) is 0 Å². The van der Waals surface area contributed by atoms with Gasteiger partial charge >= 0.3 is 0 Å². The van der Waals surface area contributed by atoms with Crippen molar-refractivity contribution >= 4 is 26.9 Å². The molecule has 0 amide bonds. The molecule has 0 saturated heterocycles. The molecule has 10 heteroatoms. The van der Waals surface area contributed by atoms with Gasteiger partial charge in [0, 0.05) is 12.5 Å². The second kappa shape index (κ2) is 6.48. The second-order valence-corrected chi connectivity index (χ2v) is 8.94. The van der Waals surface area contributed by atoms with E-state index < -0.39 is 28.2 Å². The van der Waals surface area contributed by atoms with Gasteiger partial charge in [-0.25, -0.2) is 15.0 Å². The Bertz CT molecular complexity index is 739. The Hall–Kier alpha value is -1.62. The maximum absolute atomic E-state index is 12.2. The number of nitrogen functional groups attached to an aromatic ring is 1. The standard InChI is InChI=1S/C13H23N5O4S/c1-4-7(5-19)9(20)12(21)18-6-15-8-10(14)16-13(17-11(8)18)23(2,3)22/h6-7,9,12,19-21,23H,4-5H2,1-3H3,(H2,14,16,17). The molecule has 2 aromatic heterocycles. The topological polar surface area (TPSA) is 147 Å². The number of aliphatic hydroxyl groups excluding tert-OH is 3.